The summed E-state index contributed by atoms with van der Waals surface area (Å²) in [5.74, 6) is 1.92. The number of carbonyl (C=O) groups excluding carboxylic acids is 1. The lowest BCUT2D eigenvalue weighted by Crippen LogP contribution is -2.42. The number of nitrogens with zero attached hydrogens (tertiary/aromatic N) is 1. The molecule has 0 bridgehead atoms. The van der Waals surface area contributed by atoms with Crippen LogP contribution in [-0.4, -0.2) is 23.9 Å². The zero-order chi connectivity index (χ0) is 16.6. The number of nitrogens with two attached hydrogens (primary N) is 1. The predicted molar refractivity (Wildman–Crippen MR) is 92.4 cm³/mol. The minimum absolute atomic E-state index is 0.0535. The third kappa shape index (κ3) is 3.37. The molecule has 3 rings (SSSR count). The number of halogens is 1. The van der Waals surface area contributed by atoms with Crippen LogP contribution in [0, 0.1) is 11.8 Å². The minimum atomic E-state index is -0.0535. The molecule has 2 atom stereocenters. The second kappa shape index (κ2) is 6.28. The van der Waals surface area contributed by atoms with Crippen LogP contribution in [-0.2, 0) is 0 Å². The summed E-state index contributed by atoms with van der Waals surface area (Å²) in [4.78, 5) is 14.5. The molecular weight excluding hydrogens is 312 g/mol. The van der Waals surface area contributed by atoms with Gasteiger partial charge >= 0.3 is 0 Å². The highest BCUT2D eigenvalue weighted by molar-refractivity contribution is 6.31. The maximum Gasteiger partial charge on any atom is 0.289 e. The average Bonchev–Trinajstić information content (AvgIpc) is 2.95. The lowest BCUT2D eigenvalue weighted by atomic mass is 9.92. The van der Waals surface area contributed by atoms with E-state index in [9.17, 15) is 4.79 Å². The van der Waals surface area contributed by atoms with Crippen LogP contribution in [0.5, 0.6) is 0 Å². The zero-order valence-electron chi connectivity index (χ0n) is 13.4. The number of anilines is 1. The molecule has 23 heavy (non-hydrogen) atoms. The van der Waals surface area contributed by atoms with Gasteiger partial charge in [0.05, 0.1) is 0 Å². The van der Waals surface area contributed by atoms with Crippen molar-refractivity contribution in [1.82, 2.24) is 4.90 Å². The molecule has 4 nitrogen and oxygen atoms in total. The Hall–Kier alpha value is -1.94. The Morgan fingerprint density at radius 2 is 1.91 bits per heavy atom. The van der Waals surface area contributed by atoms with Gasteiger partial charge in [0.25, 0.3) is 5.91 Å². The van der Waals surface area contributed by atoms with E-state index in [0.29, 0.717) is 34.1 Å². The smallest absolute Gasteiger partial charge is 0.289 e. The first-order chi connectivity index (χ1) is 10.9. The maximum atomic E-state index is 12.7. The van der Waals surface area contributed by atoms with Gasteiger partial charge in [-0.2, -0.15) is 0 Å². The number of carbonyl (C=O) groups is 1. The topological polar surface area (TPSA) is 59.5 Å². The summed E-state index contributed by atoms with van der Waals surface area (Å²) in [6.07, 6.45) is 1.16. The maximum absolute atomic E-state index is 12.7. The predicted octanol–water partition coefficient (Wildman–Crippen LogP) is 4.30. The first-order valence-corrected chi connectivity index (χ1v) is 8.26. The number of amides is 1. The molecule has 5 heteroatoms. The van der Waals surface area contributed by atoms with Gasteiger partial charge in [0, 0.05) is 29.4 Å². The number of piperidine rings is 1. The fourth-order valence-corrected chi connectivity index (χ4v) is 3.52. The number of rotatable bonds is 2. The summed E-state index contributed by atoms with van der Waals surface area (Å²) in [5, 5.41) is 0.574. The van der Waals surface area contributed by atoms with Gasteiger partial charge in [0.1, 0.15) is 5.76 Å². The van der Waals surface area contributed by atoms with Crippen LogP contribution in [0.1, 0.15) is 30.8 Å². The van der Waals surface area contributed by atoms with Crippen molar-refractivity contribution in [3.63, 3.8) is 0 Å². The van der Waals surface area contributed by atoms with Gasteiger partial charge in [-0.15, -0.1) is 0 Å². The van der Waals surface area contributed by atoms with Crippen molar-refractivity contribution in [3.05, 3.63) is 41.1 Å². The Kier molecular flexibility index (Phi) is 4.35. The summed E-state index contributed by atoms with van der Waals surface area (Å²) in [6, 6.07) is 8.73. The largest absolute Gasteiger partial charge is 0.451 e. The van der Waals surface area contributed by atoms with Gasteiger partial charge in [-0.25, -0.2) is 0 Å². The number of likely N-dealkylation sites (tertiary alicyclic amines) is 1. The van der Waals surface area contributed by atoms with Crippen molar-refractivity contribution in [3.8, 4) is 11.3 Å². The average molecular weight is 333 g/mol. The second-order valence-electron chi connectivity index (χ2n) is 6.55. The van der Waals surface area contributed by atoms with E-state index in [1.165, 1.54) is 0 Å². The summed E-state index contributed by atoms with van der Waals surface area (Å²) < 4.78 is 5.76. The Balaban J connectivity index is 1.82. The molecule has 2 aromatic rings. The molecule has 0 spiro atoms. The molecule has 0 saturated carbocycles. The van der Waals surface area contributed by atoms with E-state index in [1.54, 1.807) is 30.3 Å². The first kappa shape index (κ1) is 15.9. The van der Waals surface area contributed by atoms with E-state index in [1.807, 2.05) is 4.90 Å². The normalized spacial score (nSPS) is 21.4. The number of hydrogen-bond donors (Lipinski definition) is 1. The molecular formula is C18H21ClN2O2. The Bertz CT molecular complexity index is 716. The minimum Gasteiger partial charge on any atom is -0.451 e. The summed E-state index contributed by atoms with van der Waals surface area (Å²) in [5.41, 5.74) is 7.26. The highest BCUT2D eigenvalue weighted by atomic mass is 35.5. The first-order valence-electron chi connectivity index (χ1n) is 7.88. The highest BCUT2D eigenvalue weighted by Crippen LogP contribution is 2.31. The Morgan fingerprint density at radius 1 is 1.22 bits per heavy atom. The van der Waals surface area contributed by atoms with E-state index in [-0.39, 0.29) is 5.91 Å². The summed E-state index contributed by atoms with van der Waals surface area (Å²) in [7, 11) is 0. The number of hydrogen-bond acceptors (Lipinski definition) is 3. The summed E-state index contributed by atoms with van der Waals surface area (Å²) >= 11 is 5.92. The lowest BCUT2D eigenvalue weighted by Gasteiger charge is -2.34. The van der Waals surface area contributed by atoms with Crippen LogP contribution in [0.2, 0.25) is 5.02 Å². The van der Waals surface area contributed by atoms with Crippen molar-refractivity contribution < 1.29 is 9.21 Å². The fraction of sp³-hybridized carbons (Fsp3) is 0.389. The van der Waals surface area contributed by atoms with Gasteiger partial charge in [-0.1, -0.05) is 25.4 Å². The van der Waals surface area contributed by atoms with Crippen LogP contribution in [0.15, 0.2) is 34.7 Å². The van der Waals surface area contributed by atoms with Crippen LogP contribution >= 0.6 is 11.6 Å². The molecule has 0 radical (unpaired) electrons. The molecule has 0 aliphatic carbocycles. The SMILES string of the molecule is C[C@H]1C[C@H](C)CN(C(=O)c2ccc(-c3ccc(Cl)cc3N)o2)C1. The molecule has 1 aromatic carbocycles. The lowest BCUT2D eigenvalue weighted by molar-refractivity contribution is 0.0592. The van der Waals surface area contributed by atoms with Gasteiger partial charge in [0.2, 0.25) is 0 Å². The Morgan fingerprint density at radius 3 is 2.57 bits per heavy atom. The molecule has 122 valence electrons. The number of nitrogen functional groups attached to an aromatic ring is 1. The molecule has 1 amide bonds. The van der Waals surface area contributed by atoms with Crippen LogP contribution in [0.3, 0.4) is 0 Å². The van der Waals surface area contributed by atoms with Crippen molar-refractivity contribution in [2.45, 2.75) is 20.3 Å². The second-order valence-corrected chi connectivity index (χ2v) is 6.99. The molecule has 1 fully saturated rings. The van der Waals surface area contributed by atoms with Gasteiger partial charge in [-0.3, -0.25) is 4.79 Å². The van der Waals surface area contributed by atoms with E-state index in [4.69, 9.17) is 21.8 Å². The number of furan rings is 1. The zero-order valence-corrected chi connectivity index (χ0v) is 14.1. The van der Waals surface area contributed by atoms with Crippen LogP contribution in [0.25, 0.3) is 11.3 Å². The van der Waals surface area contributed by atoms with Crippen molar-refractivity contribution >= 4 is 23.2 Å². The van der Waals surface area contributed by atoms with E-state index >= 15 is 0 Å². The quantitative estimate of drug-likeness (QED) is 0.834. The fourth-order valence-electron chi connectivity index (χ4n) is 3.34. The van der Waals surface area contributed by atoms with E-state index in [0.717, 1.165) is 25.1 Å². The highest BCUT2D eigenvalue weighted by Gasteiger charge is 2.27. The summed E-state index contributed by atoms with van der Waals surface area (Å²) in [6.45, 7) is 5.92. The molecule has 1 aliphatic heterocycles. The monoisotopic (exact) mass is 332 g/mol. The van der Waals surface area contributed by atoms with Crippen molar-refractivity contribution in [1.29, 1.82) is 0 Å². The molecule has 1 aliphatic rings. The molecule has 2 N–H and O–H groups in total. The van der Waals surface area contributed by atoms with Gasteiger partial charge in [0.15, 0.2) is 5.76 Å². The van der Waals surface area contributed by atoms with Crippen molar-refractivity contribution in [2.75, 3.05) is 18.8 Å². The van der Waals surface area contributed by atoms with Crippen molar-refractivity contribution in [2.24, 2.45) is 11.8 Å². The van der Waals surface area contributed by atoms with Gasteiger partial charge in [-0.05, 0) is 48.6 Å². The Labute approximate surface area is 141 Å². The van der Waals surface area contributed by atoms with Crippen LogP contribution in [0.4, 0.5) is 5.69 Å². The third-order valence-electron chi connectivity index (χ3n) is 4.25. The standard InChI is InChI=1S/C18H21ClN2O2/c1-11-7-12(2)10-21(9-11)18(22)17-6-5-16(23-17)14-4-3-13(19)8-15(14)20/h3-6,8,11-12H,7,9-10,20H2,1-2H3/t11-,12-/m0/s1. The van der Waals surface area contributed by atoms with Crippen LogP contribution < -0.4 is 5.73 Å². The number of benzene rings is 1. The molecule has 2 heterocycles. The molecule has 1 saturated heterocycles. The van der Waals surface area contributed by atoms with Gasteiger partial charge < -0.3 is 15.1 Å². The third-order valence-corrected chi connectivity index (χ3v) is 4.49. The molecule has 1 aromatic heterocycles. The van der Waals surface area contributed by atoms with E-state index in [2.05, 4.69) is 13.8 Å². The van der Waals surface area contributed by atoms with E-state index < -0.39 is 0 Å². The molecule has 0 unspecified atom stereocenters.